The summed E-state index contributed by atoms with van der Waals surface area (Å²) in [6.07, 6.45) is 7.90. The summed E-state index contributed by atoms with van der Waals surface area (Å²) in [7, 11) is 3.11. The molecule has 218 valence electrons. The van der Waals surface area contributed by atoms with Crippen molar-refractivity contribution in [2.24, 2.45) is 23.0 Å². The third kappa shape index (κ3) is 4.01. The monoisotopic (exact) mass is 556 g/mol. The van der Waals surface area contributed by atoms with Gasteiger partial charge in [0.25, 0.3) is 17.7 Å². The lowest BCUT2D eigenvalue weighted by Crippen LogP contribution is -2.66. The molecule has 12 heteroatoms. The van der Waals surface area contributed by atoms with Gasteiger partial charge in [-0.15, -0.1) is 0 Å². The van der Waals surface area contributed by atoms with E-state index in [1.807, 2.05) is 0 Å². The average molecular weight is 557 g/mol. The summed E-state index contributed by atoms with van der Waals surface area (Å²) >= 11 is 0. The van der Waals surface area contributed by atoms with Crippen LogP contribution in [0.4, 0.5) is 9.59 Å². The second-order valence-corrected chi connectivity index (χ2v) is 12.8. The molecule has 0 aromatic rings. The summed E-state index contributed by atoms with van der Waals surface area (Å²) in [5, 5.41) is 2.72. The van der Waals surface area contributed by atoms with Crippen LogP contribution in [0.3, 0.4) is 0 Å². The molecule has 2 spiro atoms. The number of hydrogen-bond donors (Lipinski definition) is 2. The normalized spacial score (nSPS) is 34.9. The first-order valence-electron chi connectivity index (χ1n) is 14.7. The van der Waals surface area contributed by atoms with Crippen LogP contribution in [0.1, 0.15) is 64.2 Å². The van der Waals surface area contributed by atoms with Crippen molar-refractivity contribution >= 4 is 29.8 Å². The van der Waals surface area contributed by atoms with Gasteiger partial charge in [-0.1, -0.05) is 12.8 Å². The first-order valence-corrected chi connectivity index (χ1v) is 14.7. The van der Waals surface area contributed by atoms with E-state index >= 15 is 0 Å². The van der Waals surface area contributed by atoms with Crippen molar-refractivity contribution in [1.82, 2.24) is 24.9 Å². The molecule has 6 fully saturated rings. The number of nitrogens with two attached hydrogens (primary N) is 1. The van der Waals surface area contributed by atoms with Gasteiger partial charge in [0.15, 0.2) is 0 Å². The smallest absolute Gasteiger partial charge is 0.334 e. The molecule has 3 aliphatic heterocycles. The van der Waals surface area contributed by atoms with E-state index < -0.39 is 23.4 Å². The molecule has 3 heterocycles. The molecule has 3 saturated heterocycles. The molecule has 0 aromatic carbocycles. The molecule has 7 amide bonds. The van der Waals surface area contributed by atoms with Gasteiger partial charge >= 0.3 is 12.1 Å². The number of amides is 7. The van der Waals surface area contributed by atoms with Crippen molar-refractivity contribution in [3.05, 3.63) is 11.4 Å². The second-order valence-electron chi connectivity index (χ2n) is 12.8. The zero-order valence-electron chi connectivity index (χ0n) is 23.4. The Hall–Kier alpha value is -3.15. The average Bonchev–Trinajstić information content (AvgIpc) is 3.47. The van der Waals surface area contributed by atoms with Gasteiger partial charge in [-0.25, -0.2) is 9.59 Å². The van der Waals surface area contributed by atoms with Crippen LogP contribution < -0.4 is 11.1 Å². The zero-order valence-corrected chi connectivity index (χ0v) is 23.4. The predicted molar refractivity (Wildman–Crippen MR) is 142 cm³/mol. The van der Waals surface area contributed by atoms with Crippen molar-refractivity contribution in [3.8, 4) is 0 Å². The van der Waals surface area contributed by atoms with Gasteiger partial charge in [-0.05, 0) is 62.7 Å². The lowest BCUT2D eigenvalue weighted by molar-refractivity contribution is -0.153. The number of rotatable bonds is 6. The molecular formula is C28H40N6O6. The molecule has 3 saturated carbocycles. The largest absolute Gasteiger partial charge is 0.385 e. The van der Waals surface area contributed by atoms with Crippen LogP contribution in [-0.4, -0.2) is 101 Å². The Balaban J connectivity index is 1.17. The van der Waals surface area contributed by atoms with E-state index in [4.69, 9.17) is 10.5 Å². The second kappa shape index (κ2) is 9.74. The maximum Gasteiger partial charge on any atom is 0.334 e. The number of carbonyl (C=O) groups excluding carboxylic acids is 5. The number of ether oxygens (including phenoxy) is 1. The van der Waals surface area contributed by atoms with Crippen molar-refractivity contribution in [2.75, 3.05) is 40.4 Å². The van der Waals surface area contributed by atoms with E-state index in [2.05, 4.69) is 5.32 Å². The molecule has 40 heavy (non-hydrogen) atoms. The fourth-order valence-electron chi connectivity index (χ4n) is 8.08. The van der Waals surface area contributed by atoms with Gasteiger partial charge in [0, 0.05) is 39.1 Å². The number of urea groups is 2. The summed E-state index contributed by atoms with van der Waals surface area (Å²) in [6, 6.07) is -1.14. The van der Waals surface area contributed by atoms with E-state index in [0.717, 1.165) is 38.5 Å². The minimum Gasteiger partial charge on any atom is -0.385 e. The Labute approximate surface area is 234 Å². The number of imide groups is 3. The maximum atomic E-state index is 13.7. The van der Waals surface area contributed by atoms with E-state index in [-0.39, 0.29) is 46.6 Å². The van der Waals surface area contributed by atoms with E-state index in [0.29, 0.717) is 52.0 Å². The van der Waals surface area contributed by atoms with Crippen LogP contribution >= 0.6 is 0 Å². The molecule has 0 aromatic heterocycles. The highest BCUT2D eigenvalue weighted by molar-refractivity contribution is 6.29. The van der Waals surface area contributed by atoms with Crippen LogP contribution in [0.5, 0.6) is 0 Å². The molecule has 6 rings (SSSR count). The van der Waals surface area contributed by atoms with Gasteiger partial charge < -0.3 is 20.7 Å². The molecule has 6 aliphatic rings. The van der Waals surface area contributed by atoms with Gasteiger partial charge in [0.1, 0.15) is 16.9 Å². The lowest BCUT2D eigenvalue weighted by atomic mass is 9.51. The highest BCUT2D eigenvalue weighted by Crippen LogP contribution is 2.61. The van der Waals surface area contributed by atoms with Crippen LogP contribution in [0.15, 0.2) is 11.4 Å². The third-order valence-electron chi connectivity index (χ3n) is 10.4. The number of hydrogen-bond acceptors (Lipinski definition) is 8. The predicted octanol–water partition coefficient (Wildman–Crippen LogP) is 1.36. The Morgan fingerprint density at radius 3 is 2.15 bits per heavy atom. The fraction of sp³-hybridized carbons (Fsp3) is 0.750. The molecule has 12 nitrogen and oxygen atoms in total. The quantitative estimate of drug-likeness (QED) is 0.283. The zero-order chi connectivity index (χ0) is 28.4. The Morgan fingerprint density at radius 2 is 1.57 bits per heavy atom. The highest BCUT2D eigenvalue weighted by Gasteiger charge is 2.68. The van der Waals surface area contributed by atoms with E-state index in [9.17, 15) is 24.0 Å². The van der Waals surface area contributed by atoms with Crippen molar-refractivity contribution < 1.29 is 28.7 Å². The summed E-state index contributed by atoms with van der Waals surface area (Å²) in [5.74, 6) is -0.926. The Bertz CT molecular complexity index is 1160. The van der Waals surface area contributed by atoms with Crippen molar-refractivity contribution in [2.45, 2.75) is 75.8 Å². The number of carbonyl (C=O) groups is 5. The third-order valence-corrected chi connectivity index (χ3v) is 10.4. The molecule has 3 N–H and O–H groups in total. The molecule has 0 unspecified atom stereocenters. The Morgan fingerprint density at radius 1 is 0.925 bits per heavy atom. The molecular weight excluding hydrogens is 516 g/mol. The molecule has 0 radical (unpaired) electrons. The lowest BCUT2D eigenvalue weighted by Gasteiger charge is -2.59. The molecule has 3 aliphatic carbocycles. The van der Waals surface area contributed by atoms with E-state index in [1.54, 1.807) is 19.0 Å². The maximum absolute atomic E-state index is 13.7. The van der Waals surface area contributed by atoms with Crippen LogP contribution in [0.2, 0.25) is 0 Å². The van der Waals surface area contributed by atoms with Gasteiger partial charge in [0.05, 0.1) is 13.2 Å². The number of nitrogens with one attached hydrogen (secondary N) is 1. The fourth-order valence-corrected chi connectivity index (χ4v) is 8.08. The van der Waals surface area contributed by atoms with Gasteiger partial charge in [0.2, 0.25) is 0 Å². The summed E-state index contributed by atoms with van der Waals surface area (Å²) in [5.41, 5.74) is 4.98. The standard InChI is InChI=1S/C28H40N6O6/c1-30-21(29)20-22(35)32(11-17-5-3-4-6-17)26(39)34(23(20)36)19-7-9-27(10-8-19)15-28(16-27)24(37)31(2)25(38)33(28)12-18-13-40-14-18/h17-19,30H,3-16,29H2,1-2H3/b21-20+. The summed E-state index contributed by atoms with van der Waals surface area (Å²) in [4.78, 5) is 72.2. The number of barbiturate groups is 1. The van der Waals surface area contributed by atoms with Crippen molar-refractivity contribution in [3.63, 3.8) is 0 Å². The van der Waals surface area contributed by atoms with Crippen LogP contribution in [-0.2, 0) is 19.1 Å². The minimum atomic E-state index is -0.799. The van der Waals surface area contributed by atoms with E-state index in [1.165, 1.54) is 14.7 Å². The topological polar surface area (TPSA) is 146 Å². The summed E-state index contributed by atoms with van der Waals surface area (Å²) < 4.78 is 5.30. The van der Waals surface area contributed by atoms with Crippen LogP contribution in [0, 0.1) is 17.3 Å². The van der Waals surface area contributed by atoms with Gasteiger partial charge in [-0.2, -0.15) is 0 Å². The minimum absolute atomic E-state index is 0.0253. The first kappa shape index (κ1) is 27.0. The first-order chi connectivity index (χ1) is 19.1. The number of likely N-dealkylation sites (N-methyl/N-ethyl adjacent to an activating group) is 1. The summed E-state index contributed by atoms with van der Waals surface area (Å²) in [6.45, 7) is 2.04. The highest BCUT2D eigenvalue weighted by atomic mass is 16.5. The molecule has 0 bridgehead atoms. The van der Waals surface area contributed by atoms with Gasteiger partial charge in [-0.3, -0.25) is 29.1 Å². The van der Waals surface area contributed by atoms with Crippen molar-refractivity contribution in [1.29, 1.82) is 0 Å². The van der Waals surface area contributed by atoms with Crippen LogP contribution in [0.25, 0.3) is 0 Å². The molecule has 0 atom stereocenters. The Kier molecular flexibility index (Phi) is 6.59. The SMILES string of the molecule is CN/C(N)=C1\C(=O)N(CC2CCCC2)C(=O)N(C2CCC3(CC2)CC2(C3)C(=O)N(C)C(=O)N2CC2COC2)C1=O. The number of nitrogens with zero attached hydrogens (tertiary/aromatic N) is 4.